The molecule has 2 aromatic rings. The van der Waals surface area contributed by atoms with Crippen LogP contribution in [0.4, 0.5) is 5.69 Å². The third kappa shape index (κ3) is 5.13. The molecule has 2 aromatic carbocycles. The number of nitrogens with zero attached hydrogens (tertiary/aromatic N) is 1. The molecule has 3 N–H and O–H groups in total. The molecule has 0 aliphatic heterocycles. The van der Waals surface area contributed by atoms with Crippen LogP contribution in [-0.4, -0.2) is 31.1 Å². The summed E-state index contributed by atoms with van der Waals surface area (Å²) in [4.78, 5) is 22.4. The number of hydrogen-bond acceptors (Lipinski definition) is 4. The summed E-state index contributed by atoms with van der Waals surface area (Å²) in [5, 5.41) is 2.56. The number of primary amides is 1. The van der Waals surface area contributed by atoms with Crippen LogP contribution in [0.15, 0.2) is 59.5 Å². The summed E-state index contributed by atoms with van der Waals surface area (Å²) in [6, 6.07) is 14.6. The van der Waals surface area contributed by atoms with E-state index in [1.807, 2.05) is 6.07 Å². The first-order valence-electron chi connectivity index (χ1n) is 7.49. The molecule has 0 saturated heterocycles. The highest BCUT2D eigenvalue weighted by atomic mass is 32.2. The Hall–Kier alpha value is -2.71. The largest absolute Gasteiger partial charge is 0.369 e. The Labute approximate surface area is 146 Å². The minimum atomic E-state index is -3.92. The number of carbonyl (C=O) groups is 2. The molecule has 0 unspecified atom stereocenters. The normalized spacial score (nSPS) is 11.3. The van der Waals surface area contributed by atoms with Gasteiger partial charge in [-0.25, -0.2) is 8.42 Å². The van der Waals surface area contributed by atoms with Gasteiger partial charge in [-0.1, -0.05) is 30.3 Å². The molecular formula is C17H19N3O4S. The standard InChI is InChI=1S/C17H19N3O4S/c1-13(21)19-15-7-9-16(10-8-15)25(23,24)20(12-17(18)22)11-14-5-3-2-4-6-14/h2-10H,11-12H2,1H3,(H2,18,22)(H,19,21). The van der Waals surface area contributed by atoms with Gasteiger partial charge in [-0.2, -0.15) is 4.31 Å². The van der Waals surface area contributed by atoms with E-state index in [1.165, 1.54) is 31.2 Å². The Morgan fingerprint density at radius 2 is 1.64 bits per heavy atom. The van der Waals surface area contributed by atoms with E-state index in [0.29, 0.717) is 5.69 Å². The van der Waals surface area contributed by atoms with Gasteiger partial charge in [0.15, 0.2) is 0 Å². The minimum Gasteiger partial charge on any atom is -0.369 e. The smallest absolute Gasteiger partial charge is 0.243 e. The zero-order chi connectivity index (χ0) is 18.4. The number of rotatable bonds is 7. The Bertz CT molecular complexity index is 849. The van der Waals surface area contributed by atoms with Crippen molar-refractivity contribution >= 4 is 27.5 Å². The highest BCUT2D eigenvalue weighted by Gasteiger charge is 2.26. The van der Waals surface area contributed by atoms with Gasteiger partial charge in [0.2, 0.25) is 21.8 Å². The quantitative estimate of drug-likeness (QED) is 0.775. The summed E-state index contributed by atoms with van der Waals surface area (Å²) in [6.45, 7) is 0.962. The van der Waals surface area contributed by atoms with Crippen LogP contribution in [-0.2, 0) is 26.2 Å². The van der Waals surface area contributed by atoms with E-state index in [9.17, 15) is 18.0 Å². The van der Waals surface area contributed by atoms with Gasteiger partial charge in [-0.15, -0.1) is 0 Å². The number of anilines is 1. The van der Waals surface area contributed by atoms with Crippen LogP contribution in [0.3, 0.4) is 0 Å². The lowest BCUT2D eigenvalue weighted by Crippen LogP contribution is -2.38. The summed E-state index contributed by atoms with van der Waals surface area (Å²) in [5.41, 5.74) is 6.43. The first-order valence-corrected chi connectivity index (χ1v) is 8.93. The van der Waals surface area contributed by atoms with Crippen molar-refractivity contribution in [2.75, 3.05) is 11.9 Å². The summed E-state index contributed by atoms with van der Waals surface area (Å²) in [6.07, 6.45) is 0. The zero-order valence-electron chi connectivity index (χ0n) is 13.7. The summed E-state index contributed by atoms with van der Waals surface area (Å²) in [5.74, 6) is -0.996. The van der Waals surface area contributed by atoms with Crippen molar-refractivity contribution in [2.24, 2.45) is 5.73 Å². The second-order valence-electron chi connectivity index (χ2n) is 5.43. The molecule has 0 aliphatic rings. The van der Waals surface area contributed by atoms with E-state index < -0.39 is 22.5 Å². The average Bonchev–Trinajstić information content (AvgIpc) is 2.55. The number of nitrogens with two attached hydrogens (primary N) is 1. The second kappa shape index (κ2) is 7.91. The molecule has 25 heavy (non-hydrogen) atoms. The predicted molar refractivity (Wildman–Crippen MR) is 94.0 cm³/mol. The lowest BCUT2D eigenvalue weighted by Gasteiger charge is -2.21. The van der Waals surface area contributed by atoms with Crippen molar-refractivity contribution in [2.45, 2.75) is 18.4 Å². The van der Waals surface area contributed by atoms with Gasteiger partial charge in [0, 0.05) is 19.2 Å². The Morgan fingerprint density at radius 3 is 2.16 bits per heavy atom. The van der Waals surface area contributed by atoms with Crippen molar-refractivity contribution < 1.29 is 18.0 Å². The van der Waals surface area contributed by atoms with Gasteiger partial charge in [-0.3, -0.25) is 9.59 Å². The lowest BCUT2D eigenvalue weighted by atomic mass is 10.2. The van der Waals surface area contributed by atoms with E-state index in [-0.39, 0.29) is 17.3 Å². The van der Waals surface area contributed by atoms with Gasteiger partial charge < -0.3 is 11.1 Å². The maximum Gasteiger partial charge on any atom is 0.243 e. The molecule has 0 spiro atoms. The molecule has 0 aromatic heterocycles. The molecule has 132 valence electrons. The molecule has 7 nitrogen and oxygen atoms in total. The summed E-state index contributed by atoms with van der Waals surface area (Å²) >= 11 is 0. The SMILES string of the molecule is CC(=O)Nc1ccc(S(=O)(=O)N(CC(N)=O)Cc2ccccc2)cc1. The molecule has 2 amide bonds. The van der Waals surface area contributed by atoms with Crippen molar-refractivity contribution in [1.29, 1.82) is 0 Å². The van der Waals surface area contributed by atoms with Crippen LogP contribution in [0.25, 0.3) is 0 Å². The van der Waals surface area contributed by atoms with Crippen molar-refractivity contribution in [3.05, 3.63) is 60.2 Å². The van der Waals surface area contributed by atoms with Crippen molar-refractivity contribution in [3.8, 4) is 0 Å². The number of sulfonamides is 1. The van der Waals surface area contributed by atoms with Crippen LogP contribution >= 0.6 is 0 Å². The van der Waals surface area contributed by atoms with Crippen LogP contribution in [0.5, 0.6) is 0 Å². The molecular weight excluding hydrogens is 342 g/mol. The highest BCUT2D eigenvalue weighted by Crippen LogP contribution is 2.20. The molecule has 2 rings (SSSR count). The van der Waals surface area contributed by atoms with Crippen molar-refractivity contribution in [3.63, 3.8) is 0 Å². The van der Waals surface area contributed by atoms with Crippen LogP contribution in [0.1, 0.15) is 12.5 Å². The van der Waals surface area contributed by atoms with Gasteiger partial charge in [0.05, 0.1) is 11.4 Å². The van der Waals surface area contributed by atoms with Gasteiger partial charge in [0.1, 0.15) is 0 Å². The van der Waals surface area contributed by atoms with Gasteiger partial charge in [-0.05, 0) is 29.8 Å². The number of benzene rings is 2. The number of hydrogen-bond donors (Lipinski definition) is 2. The second-order valence-corrected chi connectivity index (χ2v) is 7.37. The third-order valence-electron chi connectivity index (χ3n) is 3.35. The molecule has 0 aliphatic carbocycles. The third-order valence-corrected chi connectivity index (χ3v) is 5.15. The number of nitrogens with one attached hydrogen (secondary N) is 1. The highest BCUT2D eigenvalue weighted by molar-refractivity contribution is 7.89. The topological polar surface area (TPSA) is 110 Å². The maximum absolute atomic E-state index is 12.8. The zero-order valence-corrected chi connectivity index (χ0v) is 14.5. The predicted octanol–water partition coefficient (Wildman–Crippen LogP) is 1.32. The van der Waals surface area contributed by atoms with E-state index in [1.54, 1.807) is 24.3 Å². The fourth-order valence-corrected chi connectivity index (χ4v) is 3.64. The Balaban J connectivity index is 2.30. The van der Waals surface area contributed by atoms with Gasteiger partial charge in [0.25, 0.3) is 0 Å². The monoisotopic (exact) mass is 361 g/mol. The summed E-state index contributed by atoms with van der Waals surface area (Å²) in [7, 11) is -3.92. The first kappa shape index (κ1) is 18.6. The van der Waals surface area contributed by atoms with E-state index in [0.717, 1.165) is 9.87 Å². The molecule has 0 saturated carbocycles. The molecule has 0 heterocycles. The number of amides is 2. The molecule has 0 radical (unpaired) electrons. The van der Waals surface area contributed by atoms with Crippen LogP contribution < -0.4 is 11.1 Å². The number of carbonyl (C=O) groups excluding carboxylic acids is 2. The van der Waals surface area contributed by atoms with Gasteiger partial charge >= 0.3 is 0 Å². The summed E-state index contributed by atoms with van der Waals surface area (Å²) < 4.78 is 26.7. The maximum atomic E-state index is 12.8. The van der Waals surface area contributed by atoms with Crippen LogP contribution in [0.2, 0.25) is 0 Å². The molecule has 8 heteroatoms. The van der Waals surface area contributed by atoms with E-state index in [2.05, 4.69) is 5.32 Å². The van der Waals surface area contributed by atoms with Crippen molar-refractivity contribution in [1.82, 2.24) is 4.31 Å². The average molecular weight is 361 g/mol. The minimum absolute atomic E-state index is 0.0128. The molecule has 0 atom stereocenters. The first-order chi connectivity index (χ1) is 11.8. The Kier molecular flexibility index (Phi) is 5.89. The van der Waals surface area contributed by atoms with E-state index in [4.69, 9.17) is 5.73 Å². The van der Waals surface area contributed by atoms with Crippen LogP contribution in [0, 0.1) is 0 Å². The molecule has 0 bridgehead atoms. The lowest BCUT2D eigenvalue weighted by molar-refractivity contribution is -0.118. The fraction of sp³-hybridized carbons (Fsp3) is 0.176. The van der Waals surface area contributed by atoms with E-state index >= 15 is 0 Å². The molecule has 0 fully saturated rings. The Morgan fingerprint density at radius 1 is 1.04 bits per heavy atom. The fourth-order valence-electron chi connectivity index (χ4n) is 2.25.